The van der Waals surface area contributed by atoms with Crippen LogP contribution < -0.4 is 10.8 Å². The van der Waals surface area contributed by atoms with Crippen molar-refractivity contribution in [1.29, 1.82) is 0 Å². The van der Waals surface area contributed by atoms with Gasteiger partial charge in [0.2, 0.25) is 6.35 Å². The zero-order chi connectivity index (χ0) is 3.70. The Labute approximate surface area is 30.3 Å². The van der Waals surface area contributed by atoms with Crippen molar-refractivity contribution in [2.45, 2.75) is 6.35 Å². The molecule has 2 N–H and O–H groups in total. The summed E-state index contributed by atoms with van der Waals surface area (Å²) in [6.07, 6.45) is 0.134. The van der Waals surface area contributed by atoms with E-state index in [1.807, 2.05) is 7.05 Å². The van der Waals surface area contributed by atoms with E-state index in [-0.39, 0.29) is 6.35 Å². The van der Waals surface area contributed by atoms with Gasteiger partial charge in [0.25, 0.3) is 0 Å². The van der Waals surface area contributed by atoms with E-state index in [0.29, 0.717) is 0 Å². The Bertz CT molecular complexity index is 34.6. The van der Waals surface area contributed by atoms with E-state index in [1.54, 1.807) is 0 Å². The van der Waals surface area contributed by atoms with Gasteiger partial charge in [-0.1, -0.05) is 0 Å². The molecule has 1 atom stereocenters. The molecule has 3 heteroatoms. The Morgan fingerprint density at radius 2 is 2.60 bits per heavy atom. The van der Waals surface area contributed by atoms with Crippen LogP contribution in [0.25, 0.3) is 0 Å². The molecule has 0 aromatic heterocycles. The van der Waals surface area contributed by atoms with Crippen LogP contribution in [0.1, 0.15) is 0 Å². The van der Waals surface area contributed by atoms with E-state index in [9.17, 15) is 0 Å². The first-order valence-electron chi connectivity index (χ1n) is 1.52. The minimum atomic E-state index is 0.134. The lowest BCUT2D eigenvalue weighted by atomic mass is 11.1. The number of hydroxylamine groups is 1. The van der Waals surface area contributed by atoms with Crippen molar-refractivity contribution in [2.75, 3.05) is 7.05 Å². The van der Waals surface area contributed by atoms with Crippen molar-refractivity contribution in [3.63, 3.8) is 0 Å². The zero-order valence-electron chi connectivity index (χ0n) is 2.99. The number of hydrogen-bond acceptors (Lipinski definition) is 3. The summed E-state index contributed by atoms with van der Waals surface area (Å²) in [6, 6.07) is 0. The highest BCUT2D eigenvalue weighted by molar-refractivity contribution is 4.46. The fourth-order valence-corrected chi connectivity index (χ4v) is 0.152. The Hall–Kier alpha value is -0.120. The molecule has 0 spiro atoms. The normalized spacial score (nSPS) is 34.2. The standard InChI is InChI=1S/C2H6N2O/c1-3-2-4-5-2/h2-4H,1H3. The summed E-state index contributed by atoms with van der Waals surface area (Å²) in [4.78, 5) is 4.50. The molecule has 0 saturated carbocycles. The first-order chi connectivity index (χ1) is 2.43. The Morgan fingerprint density at radius 3 is 2.60 bits per heavy atom. The molecule has 0 amide bonds. The van der Waals surface area contributed by atoms with Gasteiger partial charge in [0, 0.05) is 0 Å². The van der Waals surface area contributed by atoms with Crippen molar-refractivity contribution >= 4 is 0 Å². The van der Waals surface area contributed by atoms with Crippen molar-refractivity contribution in [1.82, 2.24) is 10.8 Å². The van der Waals surface area contributed by atoms with Crippen LogP contribution in [0.2, 0.25) is 0 Å². The van der Waals surface area contributed by atoms with E-state index >= 15 is 0 Å². The summed E-state index contributed by atoms with van der Waals surface area (Å²) >= 11 is 0. The minimum absolute atomic E-state index is 0.134. The fraction of sp³-hybridized carbons (Fsp3) is 1.00. The van der Waals surface area contributed by atoms with Gasteiger partial charge in [-0.25, -0.2) is 0 Å². The van der Waals surface area contributed by atoms with Gasteiger partial charge in [-0.3, -0.25) is 10.2 Å². The second-order valence-electron chi connectivity index (χ2n) is 0.904. The lowest BCUT2D eigenvalue weighted by Crippen LogP contribution is -2.11. The molecule has 1 fully saturated rings. The molecule has 5 heavy (non-hydrogen) atoms. The Morgan fingerprint density at radius 1 is 2.00 bits per heavy atom. The summed E-state index contributed by atoms with van der Waals surface area (Å²) in [7, 11) is 1.82. The highest BCUT2D eigenvalue weighted by Crippen LogP contribution is 1.88. The molecular formula is C2H6N2O. The van der Waals surface area contributed by atoms with Crippen LogP contribution >= 0.6 is 0 Å². The lowest BCUT2D eigenvalue weighted by Gasteiger charge is -1.73. The smallest absolute Gasteiger partial charge is 0.204 e. The number of hydrogen-bond donors (Lipinski definition) is 2. The maximum Gasteiger partial charge on any atom is 0.204 e. The van der Waals surface area contributed by atoms with Crippen molar-refractivity contribution in [3.8, 4) is 0 Å². The maximum atomic E-state index is 4.50. The maximum absolute atomic E-state index is 4.50. The van der Waals surface area contributed by atoms with Crippen molar-refractivity contribution < 1.29 is 4.84 Å². The fourth-order valence-electron chi connectivity index (χ4n) is 0.152. The van der Waals surface area contributed by atoms with Crippen LogP contribution in [0.15, 0.2) is 0 Å². The van der Waals surface area contributed by atoms with E-state index < -0.39 is 0 Å². The highest BCUT2D eigenvalue weighted by Gasteiger charge is 2.17. The molecule has 0 radical (unpaired) electrons. The zero-order valence-corrected chi connectivity index (χ0v) is 2.99. The Kier molecular flexibility index (Phi) is 0.574. The quantitative estimate of drug-likeness (QED) is 0.393. The van der Waals surface area contributed by atoms with Crippen LogP contribution in [0.4, 0.5) is 0 Å². The molecule has 0 aliphatic carbocycles. The first kappa shape index (κ1) is 3.08. The largest absolute Gasteiger partial charge is 0.279 e. The van der Waals surface area contributed by atoms with E-state index in [4.69, 9.17) is 0 Å². The summed E-state index contributed by atoms with van der Waals surface area (Å²) < 4.78 is 0. The van der Waals surface area contributed by atoms with Gasteiger partial charge in [-0.15, -0.1) is 0 Å². The average Bonchev–Trinajstić information content (AvgIpc) is 2.12. The van der Waals surface area contributed by atoms with Gasteiger partial charge in [-0.2, -0.15) is 5.48 Å². The second-order valence-corrected chi connectivity index (χ2v) is 0.904. The average molecular weight is 74.1 g/mol. The van der Waals surface area contributed by atoms with Crippen LogP contribution in [0, 0.1) is 0 Å². The Balaban J connectivity index is 2.00. The summed E-state index contributed by atoms with van der Waals surface area (Å²) in [5.74, 6) is 0. The minimum Gasteiger partial charge on any atom is -0.279 e. The van der Waals surface area contributed by atoms with Gasteiger partial charge in [0.05, 0.1) is 0 Å². The van der Waals surface area contributed by atoms with Crippen molar-refractivity contribution in [2.24, 2.45) is 0 Å². The lowest BCUT2D eigenvalue weighted by molar-refractivity contribution is 0.354. The van der Waals surface area contributed by atoms with E-state index in [1.165, 1.54) is 0 Å². The molecule has 1 heterocycles. The molecule has 1 unspecified atom stereocenters. The molecule has 0 aromatic carbocycles. The molecule has 1 rings (SSSR count). The third kappa shape index (κ3) is 0.576. The molecule has 0 bridgehead atoms. The molecule has 30 valence electrons. The first-order valence-corrected chi connectivity index (χ1v) is 1.52. The SMILES string of the molecule is CNC1NO1. The molecule has 1 aliphatic heterocycles. The molecule has 1 saturated heterocycles. The monoisotopic (exact) mass is 74.0 g/mol. The third-order valence-electron chi connectivity index (χ3n) is 0.498. The van der Waals surface area contributed by atoms with Crippen LogP contribution in [0.3, 0.4) is 0 Å². The van der Waals surface area contributed by atoms with E-state index in [0.717, 1.165) is 0 Å². The van der Waals surface area contributed by atoms with E-state index in [2.05, 4.69) is 15.6 Å². The van der Waals surface area contributed by atoms with Crippen LogP contribution in [-0.2, 0) is 4.84 Å². The van der Waals surface area contributed by atoms with Gasteiger partial charge < -0.3 is 0 Å². The van der Waals surface area contributed by atoms with Gasteiger partial charge in [0.15, 0.2) is 0 Å². The predicted octanol–water partition coefficient (Wildman–Crippen LogP) is -0.976. The van der Waals surface area contributed by atoms with Gasteiger partial charge in [0.1, 0.15) is 0 Å². The second kappa shape index (κ2) is 0.931. The number of rotatable bonds is 1. The van der Waals surface area contributed by atoms with Crippen LogP contribution in [0.5, 0.6) is 0 Å². The predicted molar refractivity (Wildman–Crippen MR) is 17.1 cm³/mol. The topological polar surface area (TPSA) is 46.5 Å². The molecule has 0 aromatic rings. The van der Waals surface area contributed by atoms with Gasteiger partial charge in [-0.05, 0) is 7.05 Å². The highest BCUT2D eigenvalue weighted by atomic mass is 16.8. The summed E-state index contributed by atoms with van der Waals surface area (Å²) in [5, 5.41) is 2.81. The van der Waals surface area contributed by atoms with Crippen LogP contribution in [-0.4, -0.2) is 13.4 Å². The molecule has 3 nitrogen and oxygen atoms in total. The summed E-state index contributed by atoms with van der Waals surface area (Å²) in [6.45, 7) is 0. The molecular weight excluding hydrogens is 68.0 g/mol. The summed E-state index contributed by atoms with van der Waals surface area (Å²) in [5.41, 5.74) is 2.57. The number of nitrogens with one attached hydrogen (secondary N) is 2. The molecule has 1 aliphatic rings. The third-order valence-corrected chi connectivity index (χ3v) is 0.498. The van der Waals surface area contributed by atoms with Crippen molar-refractivity contribution in [3.05, 3.63) is 0 Å². The van der Waals surface area contributed by atoms with Gasteiger partial charge >= 0.3 is 0 Å².